The topological polar surface area (TPSA) is 93.1 Å². The van der Waals surface area contributed by atoms with Crippen LogP contribution in [0.25, 0.3) is 0 Å². The van der Waals surface area contributed by atoms with Crippen molar-refractivity contribution in [2.24, 2.45) is 11.8 Å². The molecule has 6 heteroatoms. The number of aliphatic hydroxyl groups excluding tert-OH is 1. The van der Waals surface area contributed by atoms with E-state index < -0.39 is 5.97 Å². The highest BCUT2D eigenvalue weighted by atomic mass is 16.5. The summed E-state index contributed by atoms with van der Waals surface area (Å²) in [5.74, 6) is 0.0641. The van der Waals surface area contributed by atoms with Crippen molar-refractivity contribution in [3.63, 3.8) is 0 Å². The fraction of sp³-hybridized carbons (Fsp3) is 0.353. The normalized spacial score (nSPS) is 16.7. The van der Waals surface area contributed by atoms with Crippen LogP contribution < -0.4 is 9.47 Å². The molecule has 2 N–H and O–H groups in total. The zero-order valence-electron chi connectivity index (χ0n) is 22.9. The highest BCUT2D eigenvalue weighted by Gasteiger charge is 2.30. The van der Waals surface area contributed by atoms with Gasteiger partial charge >= 0.3 is 5.97 Å². The first-order chi connectivity index (χ1) is 19.4. The number of carboxylic acid groups (broad SMARTS) is 1. The van der Waals surface area contributed by atoms with E-state index in [0.29, 0.717) is 50.2 Å². The summed E-state index contributed by atoms with van der Waals surface area (Å²) in [6.07, 6.45) is 6.15. The van der Waals surface area contributed by atoms with Gasteiger partial charge in [0.1, 0.15) is 11.5 Å². The first-order valence-electron chi connectivity index (χ1n) is 14.1. The summed E-state index contributed by atoms with van der Waals surface area (Å²) in [6.45, 7) is 4.70. The third-order valence-corrected chi connectivity index (χ3v) is 7.57. The van der Waals surface area contributed by atoms with E-state index >= 15 is 0 Å². The van der Waals surface area contributed by atoms with Crippen LogP contribution in [0.4, 0.5) is 0 Å². The minimum atomic E-state index is -1.08. The number of hydrogen-bond donors (Lipinski definition) is 2. The van der Waals surface area contributed by atoms with Gasteiger partial charge < -0.3 is 19.7 Å². The molecule has 0 spiro atoms. The largest absolute Gasteiger partial charge is 0.513 e. The molecule has 3 aromatic rings. The number of carbonyl (C=O) groups is 2. The molecule has 0 amide bonds. The molecule has 1 aliphatic rings. The lowest BCUT2D eigenvalue weighted by Gasteiger charge is -2.27. The number of allylic oxidation sites excluding steroid dienone is 1. The second kappa shape index (κ2) is 14.4. The summed E-state index contributed by atoms with van der Waals surface area (Å²) in [5, 5.41) is 19.1. The van der Waals surface area contributed by atoms with Gasteiger partial charge in [-0.2, -0.15) is 0 Å². The number of aryl methyl sites for hydroxylation is 2. The van der Waals surface area contributed by atoms with Crippen LogP contribution in [-0.2, 0) is 12.8 Å². The molecule has 1 fully saturated rings. The van der Waals surface area contributed by atoms with Crippen molar-refractivity contribution in [3.05, 3.63) is 107 Å². The van der Waals surface area contributed by atoms with Crippen molar-refractivity contribution < 1.29 is 29.3 Å². The van der Waals surface area contributed by atoms with Crippen molar-refractivity contribution in [3.8, 4) is 11.5 Å². The van der Waals surface area contributed by atoms with Crippen molar-refractivity contribution in [2.45, 2.75) is 51.4 Å². The Bertz CT molecular complexity index is 1270. The van der Waals surface area contributed by atoms with Gasteiger partial charge in [0.05, 0.1) is 30.1 Å². The molecule has 0 aliphatic heterocycles. The quantitative estimate of drug-likeness (QED) is 0.125. The van der Waals surface area contributed by atoms with Gasteiger partial charge in [-0.3, -0.25) is 4.79 Å². The van der Waals surface area contributed by atoms with Gasteiger partial charge in [-0.25, -0.2) is 4.79 Å². The Morgan fingerprint density at radius 3 is 1.98 bits per heavy atom. The summed E-state index contributed by atoms with van der Waals surface area (Å²) >= 11 is 0. The summed E-state index contributed by atoms with van der Waals surface area (Å²) in [4.78, 5) is 24.9. The molecule has 4 rings (SSSR count). The van der Waals surface area contributed by atoms with Crippen LogP contribution in [0, 0.1) is 11.8 Å². The molecule has 0 atom stereocenters. The van der Waals surface area contributed by atoms with E-state index in [1.54, 1.807) is 6.07 Å². The van der Waals surface area contributed by atoms with Gasteiger partial charge in [0.25, 0.3) is 0 Å². The Kier molecular flexibility index (Phi) is 10.4. The number of carboxylic acids is 1. The predicted molar refractivity (Wildman–Crippen MR) is 155 cm³/mol. The highest BCUT2D eigenvalue weighted by molar-refractivity contribution is 6.02. The average Bonchev–Trinajstić information content (AvgIpc) is 2.98. The summed E-state index contributed by atoms with van der Waals surface area (Å²) in [6, 6.07) is 23.0. The Morgan fingerprint density at radius 2 is 1.35 bits per heavy atom. The van der Waals surface area contributed by atoms with Gasteiger partial charge in [0.2, 0.25) is 0 Å². The van der Waals surface area contributed by atoms with Gasteiger partial charge in [0.15, 0.2) is 5.78 Å². The van der Waals surface area contributed by atoms with E-state index in [1.807, 2.05) is 18.2 Å². The number of carbonyl (C=O) groups excluding carboxylic acids is 1. The minimum Gasteiger partial charge on any atom is -0.513 e. The van der Waals surface area contributed by atoms with Crippen molar-refractivity contribution in [1.82, 2.24) is 0 Å². The fourth-order valence-electron chi connectivity index (χ4n) is 5.21. The molecule has 210 valence electrons. The van der Waals surface area contributed by atoms with E-state index in [-0.39, 0.29) is 28.9 Å². The number of hydrogen-bond acceptors (Lipinski definition) is 5. The molecule has 3 aromatic carbocycles. The highest BCUT2D eigenvalue weighted by Crippen LogP contribution is 2.35. The Balaban J connectivity index is 1.25. The smallest absolute Gasteiger partial charge is 0.335 e. The number of aromatic carboxylic acids is 1. The molecular formula is C34H38O6. The minimum absolute atomic E-state index is 0.0189. The number of benzene rings is 3. The van der Waals surface area contributed by atoms with Crippen LogP contribution in [0.3, 0.4) is 0 Å². The number of ketones is 1. The lowest BCUT2D eigenvalue weighted by molar-refractivity contribution is 0.0696. The zero-order valence-corrected chi connectivity index (χ0v) is 22.9. The first-order valence-corrected chi connectivity index (χ1v) is 14.1. The maximum Gasteiger partial charge on any atom is 0.335 e. The van der Waals surface area contributed by atoms with Crippen molar-refractivity contribution in [1.29, 1.82) is 0 Å². The summed E-state index contributed by atoms with van der Waals surface area (Å²) in [5.41, 5.74) is 2.87. The molecule has 0 heterocycles. The van der Waals surface area contributed by atoms with Crippen molar-refractivity contribution >= 4 is 11.8 Å². The van der Waals surface area contributed by atoms with E-state index in [0.717, 1.165) is 31.4 Å². The van der Waals surface area contributed by atoms with Gasteiger partial charge in [0, 0.05) is 11.8 Å². The molecule has 40 heavy (non-hydrogen) atoms. The van der Waals surface area contributed by atoms with Gasteiger partial charge in [-0.15, -0.1) is 0 Å². The molecule has 1 saturated carbocycles. The van der Waals surface area contributed by atoms with Crippen LogP contribution in [0.1, 0.15) is 70.4 Å². The van der Waals surface area contributed by atoms with Crippen LogP contribution in [-0.4, -0.2) is 35.2 Å². The average molecular weight is 543 g/mol. The SMILES string of the molecule is C=C(O)C1CCC(C(=O)c2cc(C(=O)O)ccc2OCCCc2ccc(OCCCc3ccccc3)cc2)CC1. The lowest BCUT2D eigenvalue weighted by Crippen LogP contribution is -2.23. The predicted octanol–water partition coefficient (Wildman–Crippen LogP) is 7.47. The van der Waals surface area contributed by atoms with E-state index in [1.165, 1.54) is 23.3 Å². The van der Waals surface area contributed by atoms with Gasteiger partial charge in [-0.05, 0) is 92.8 Å². The molecule has 0 radical (unpaired) electrons. The molecule has 0 bridgehead atoms. The molecule has 0 unspecified atom stereocenters. The second-order valence-electron chi connectivity index (χ2n) is 10.5. The van der Waals surface area contributed by atoms with Crippen LogP contribution in [0.2, 0.25) is 0 Å². The van der Waals surface area contributed by atoms with E-state index in [2.05, 4.69) is 43.0 Å². The van der Waals surface area contributed by atoms with Crippen LogP contribution in [0.15, 0.2) is 85.1 Å². The second-order valence-corrected chi connectivity index (χ2v) is 10.5. The molecule has 1 aliphatic carbocycles. The summed E-state index contributed by atoms with van der Waals surface area (Å²) in [7, 11) is 0. The van der Waals surface area contributed by atoms with Crippen LogP contribution >= 0.6 is 0 Å². The molecule has 0 aromatic heterocycles. The molecule has 0 saturated heterocycles. The lowest BCUT2D eigenvalue weighted by atomic mass is 9.78. The van der Waals surface area contributed by atoms with E-state index in [4.69, 9.17) is 9.47 Å². The third-order valence-electron chi connectivity index (χ3n) is 7.57. The zero-order chi connectivity index (χ0) is 28.3. The first kappa shape index (κ1) is 28.9. The Hall–Kier alpha value is -4.06. The summed E-state index contributed by atoms with van der Waals surface area (Å²) < 4.78 is 11.9. The third kappa shape index (κ3) is 8.22. The van der Waals surface area contributed by atoms with Crippen LogP contribution in [0.5, 0.6) is 11.5 Å². The van der Waals surface area contributed by atoms with E-state index in [9.17, 15) is 19.8 Å². The molecular weight excluding hydrogens is 504 g/mol. The number of rotatable bonds is 14. The van der Waals surface area contributed by atoms with Gasteiger partial charge in [-0.1, -0.05) is 49.0 Å². The number of Topliss-reactive ketones (excluding diaryl/α,β-unsaturated/α-hetero) is 1. The Labute approximate surface area is 236 Å². The Morgan fingerprint density at radius 1 is 0.750 bits per heavy atom. The molecule has 6 nitrogen and oxygen atoms in total. The van der Waals surface area contributed by atoms with Crippen molar-refractivity contribution in [2.75, 3.05) is 13.2 Å². The maximum atomic E-state index is 13.4. The monoisotopic (exact) mass is 542 g/mol. The standard InChI is InChI=1S/C34H38O6/c1-24(35)27-13-15-28(16-14-27)33(36)31-23-29(34(37)38)17-20-32(31)40-22-6-10-26-11-18-30(19-12-26)39-21-5-9-25-7-3-2-4-8-25/h2-4,7-8,11-12,17-20,23,27-28,35H,1,5-6,9-10,13-16,21-22H2,(H,37,38). The maximum absolute atomic E-state index is 13.4. The number of aliphatic hydroxyl groups is 1. The fourth-order valence-corrected chi connectivity index (χ4v) is 5.21. The number of ether oxygens (including phenoxy) is 2.